The monoisotopic (exact) mass is 339 g/mol. The quantitative estimate of drug-likeness (QED) is 0.777. The van der Waals surface area contributed by atoms with E-state index in [9.17, 15) is 26.7 Å². The molecular weight excluding hydrogens is 318 g/mol. The number of nitrogens with zero attached hydrogens (tertiary/aromatic N) is 1. The first-order valence-electron chi connectivity index (χ1n) is 7.11. The average Bonchev–Trinajstić information content (AvgIpc) is 2.79. The number of piperidine rings is 1. The van der Waals surface area contributed by atoms with Crippen molar-refractivity contribution in [3.63, 3.8) is 0 Å². The normalized spacial score (nSPS) is 33.9. The third-order valence-electron chi connectivity index (χ3n) is 4.46. The number of carbonyl (C=O) groups is 1. The Morgan fingerprint density at radius 3 is 2.48 bits per heavy atom. The van der Waals surface area contributed by atoms with E-state index in [0.29, 0.717) is 12.8 Å². The fourth-order valence-corrected chi connectivity index (χ4v) is 7.80. The average molecular weight is 339 g/mol. The summed E-state index contributed by atoms with van der Waals surface area (Å²) < 4.78 is 49.2. The second-order valence-electron chi connectivity index (χ2n) is 5.83. The van der Waals surface area contributed by atoms with Crippen molar-refractivity contribution < 1.29 is 26.7 Å². The third-order valence-corrected chi connectivity index (χ3v) is 8.78. The van der Waals surface area contributed by atoms with Crippen LogP contribution in [0.2, 0.25) is 0 Å². The van der Waals surface area contributed by atoms with E-state index in [-0.39, 0.29) is 24.6 Å². The summed E-state index contributed by atoms with van der Waals surface area (Å²) in [4.78, 5) is 11.4. The van der Waals surface area contributed by atoms with Gasteiger partial charge in [-0.2, -0.15) is 4.31 Å². The van der Waals surface area contributed by atoms with Crippen LogP contribution >= 0.6 is 0 Å². The van der Waals surface area contributed by atoms with Gasteiger partial charge < -0.3 is 5.11 Å². The topological polar surface area (TPSA) is 109 Å². The van der Waals surface area contributed by atoms with E-state index in [2.05, 4.69) is 0 Å². The lowest BCUT2D eigenvalue weighted by Gasteiger charge is -2.37. The Labute approximate surface area is 125 Å². The van der Waals surface area contributed by atoms with Crippen molar-refractivity contribution in [3.05, 3.63) is 0 Å². The zero-order valence-electron chi connectivity index (χ0n) is 11.9. The number of sulfonamides is 1. The molecule has 122 valence electrons. The summed E-state index contributed by atoms with van der Waals surface area (Å²) in [5.41, 5.74) is 0. The zero-order valence-corrected chi connectivity index (χ0v) is 13.6. The van der Waals surface area contributed by atoms with Crippen molar-refractivity contribution >= 4 is 25.8 Å². The van der Waals surface area contributed by atoms with Gasteiger partial charge in [-0.15, -0.1) is 0 Å². The van der Waals surface area contributed by atoms with E-state index in [1.54, 1.807) is 0 Å². The molecule has 0 amide bonds. The van der Waals surface area contributed by atoms with Crippen molar-refractivity contribution in [1.82, 2.24) is 4.31 Å². The molecule has 0 aromatic heterocycles. The van der Waals surface area contributed by atoms with Crippen LogP contribution in [0.5, 0.6) is 0 Å². The molecule has 0 aromatic rings. The number of carboxylic acid groups (broad SMARTS) is 1. The number of rotatable bonds is 4. The highest BCUT2D eigenvalue weighted by molar-refractivity contribution is 7.95. The van der Waals surface area contributed by atoms with E-state index in [1.807, 2.05) is 6.92 Å². The highest BCUT2D eigenvalue weighted by Gasteiger charge is 2.46. The van der Waals surface area contributed by atoms with Crippen LogP contribution in [-0.2, 0) is 24.7 Å². The van der Waals surface area contributed by atoms with Gasteiger partial charge in [-0.25, -0.2) is 16.8 Å². The van der Waals surface area contributed by atoms with Gasteiger partial charge in [-0.05, 0) is 25.2 Å². The molecule has 0 radical (unpaired) electrons. The Morgan fingerprint density at radius 1 is 1.33 bits per heavy atom. The van der Waals surface area contributed by atoms with Crippen LogP contribution in [0.4, 0.5) is 0 Å². The predicted molar refractivity (Wildman–Crippen MR) is 77.1 cm³/mol. The van der Waals surface area contributed by atoms with Crippen LogP contribution in [0.1, 0.15) is 32.6 Å². The van der Waals surface area contributed by atoms with Crippen molar-refractivity contribution in [2.24, 2.45) is 5.92 Å². The molecule has 9 heteroatoms. The molecule has 21 heavy (non-hydrogen) atoms. The number of aliphatic carboxylic acids is 1. The third kappa shape index (κ3) is 3.40. The van der Waals surface area contributed by atoms with Gasteiger partial charge >= 0.3 is 5.97 Å². The van der Waals surface area contributed by atoms with Crippen LogP contribution < -0.4 is 0 Å². The fourth-order valence-electron chi connectivity index (χ4n) is 3.10. The van der Waals surface area contributed by atoms with Gasteiger partial charge in [0, 0.05) is 6.54 Å². The van der Waals surface area contributed by atoms with Gasteiger partial charge in [0.15, 0.2) is 9.84 Å². The summed E-state index contributed by atoms with van der Waals surface area (Å²) in [6.07, 6.45) is 1.80. The molecule has 2 fully saturated rings. The van der Waals surface area contributed by atoms with Gasteiger partial charge in [0.05, 0.1) is 16.8 Å². The van der Waals surface area contributed by atoms with Crippen LogP contribution in [0.15, 0.2) is 0 Å². The Kier molecular flexibility index (Phi) is 4.65. The van der Waals surface area contributed by atoms with E-state index >= 15 is 0 Å². The first-order chi connectivity index (χ1) is 9.67. The lowest BCUT2D eigenvalue weighted by molar-refractivity contribution is -0.143. The number of hydrogen-bond acceptors (Lipinski definition) is 5. The maximum Gasteiger partial charge on any atom is 0.322 e. The van der Waals surface area contributed by atoms with Gasteiger partial charge in [-0.3, -0.25) is 4.79 Å². The van der Waals surface area contributed by atoms with E-state index in [0.717, 1.165) is 10.7 Å². The van der Waals surface area contributed by atoms with Gasteiger partial charge in [0.25, 0.3) is 0 Å². The summed E-state index contributed by atoms with van der Waals surface area (Å²) in [7, 11) is -7.21. The lowest BCUT2D eigenvalue weighted by atomic mass is 9.90. The molecule has 0 aromatic carbocycles. The zero-order chi connectivity index (χ0) is 15.8. The van der Waals surface area contributed by atoms with E-state index in [1.165, 1.54) is 0 Å². The first kappa shape index (κ1) is 16.7. The first-order valence-corrected chi connectivity index (χ1v) is 10.4. The molecule has 2 saturated heterocycles. The number of sulfone groups is 1. The summed E-state index contributed by atoms with van der Waals surface area (Å²) in [6.45, 7) is 2.12. The van der Waals surface area contributed by atoms with Crippen LogP contribution in [-0.4, -0.2) is 61.6 Å². The molecule has 2 aliphatic heterocycles. The summed E-state index contributed by atoms with van der Waals surface area (Å²) >= 11 is 0. The molecule has 1 N–H and O–H groups in total. The van der Waals surface area contributed by atoms with Crippen molar-refractivity contribution in [2.45, 2.75) is 43.9 Å². The van der Waals surface area contributed by atoms with Crippen molar-refractivity contribution in [2.75, 3.05) is 18.1 Å². The molecule has 2 heterocycles. The molecule has 0 spiro atoms. The highest BCUT2D eigenvalue weighted by Crippen LogP contribution is 2.31. The smallest absolute Gasteiger partial charge is 0.322 e. The summed E-state index contributed by atoms with van der Waals surface area (Å²) in [6, 6.07) is -1.07. The minimum absolute atomic E-state index is 0.0602. The summed E-state index contributed by atoms with van der Waals surface area (Å²) in [5.74, 6) is -1.49. The molecule has 3 unspecified atom stereocenters. The van der Waals surface area contributed by atoms with Crippen LogP contribution in [0, 0.1) is 5.92 Å². The molecule has 2 aliphatic rings. The highest BCUT2D eigenvalue weighted by atomic mass is 32.2. The SMILES string of the molecule is CCC1CCN(S(=O)(=O)C2CCS(=O)(=O)C2)C(C(=O)O)C1. The summed E-state index contributed by atoms with van der Waals surface area (Å²) in [5, 5.41) is 8.31. The van der Waals surface area contributed by atoms with Crippen molar-refractivity contribution in [3.8, 4) is 0 Å². The van der Waals surface area contributed by atoms with Crippen LogP contribution in [0.3, 0.4) is 0 Å². The maximum atomic E-state index is 12.6. The Hall–Kier alpha value is -0.670. The largest absolute Gasteiger partial charge is 0.480 e. The van der Waals surface area contributed by atoms with Gasteiger partial charge in [-0.1, -0.05) is 13.3 Å². The Balaban J connectivity index is 2.24. The van der Waals surface area contributed by atoms with Gasteiger partial charge in [0.2, 0.25) is 10.0 Å². The standard InChI is InChI=1S/C12H21NO6S2/c1-2-9-3-5-13(11(7-9)12(14)15)21(18,19)10-4-6-20(16,17)8-10/h9-11H,2-8H2,1H3,(H,14,15). The van der Waals surface area contributed by atoms with Crippen molar-refractivity contribution in [1.29, 1.82) is 0 Å². The Morgan fingerprint density at radius 2 is 2.00 bits per heavy atom. The number of hydrogen-bond donors (Lipinski definition) is 1. The molecule has 0 aliphatic carbocycles. The molecule has 0 saturated carbocycles. The molecule has 2 rings (SSSR count). The predicted octanol–water partition coefficient (Wildman–Crippen LogP) is 0.0785. The molecule has 3 atom stereocenters. The maximum absolute atomic E-state index is 12.6. The lowest BCUT2D eigenvalue weighted by Crippen LogP contribution is -2.52. The Bertz CT molecular complexity index is 612. The van der Waals surface area contributed by atoms with E-state index in [4.69, 9.17) is 0 Å². The molecule has 0 bridgehead atoms. The minimum Gasteiger partial charge on any atom is -0.480 e. The molecular formula is C12H21NO6S2. The minimum atomic E-state index is -3.89. The number of carboxylic acids is 1. The van der Waals surface area contributed by atoms with E-state index < -0.39 is 42.9 Å². The van der Waals surface area contributed by atoms with Crippen LogP contribution in [0.25, 0.3) is 0 Å². The van der Waals surface area contributed by atoms with Gasteiger partial charge in [0.1, 0.15) is 6.04 Å². The second kappa shape index (κ2) is 5.85. The second-order valence-corrected chi connectivity index (χ2v) is 10.2. The molecule has 7 nitrogen and oxygen atoms in total. The fraction of sp³-hybridized carbons (Fsp3) is 0.917.